The number of ether oxygens (including phenoxy) is 1. The van der Waals surface area contributed by atoms with Gasteiger partial charge < -0.3 is 10.1 Å². The number of nitrogens with zero attached hydrogens (tertiary/aromatic N) is 2. The van der Waals surface area contributed by atoms with Gasteiger partial charge in [-0.3, -0.25) is 9.89 Å². The molecule has 0 atom stereocenters. The predicted octanol–water partition coefficient (Wildman–Crippen LogP) is 1.55. The van der Waals surface area contributed by atoms with E-state index in [2.05, 4.69) is 20.5 Å². The lowest BCUT2D eigenvalue weighted by molar-refractivity contribution is 0.102. The van der Waals surface area contributed by atoms with Crippen molar-refractivity contribution in [3.05, 3.63) is 35.3 Å². The Morgan fingerprint density at radius 1 is 1.42 bits per heavy atom. The molecule has 6 heteroatoms. The molecule has 0 saturated carbocycles. The van der Waals surface area contributed by atoms with Gasteiger partial charge in [0.25, 0.3) is 5.91 Å². The average Bonchev–Trinajstić information content (AvgIpc) is 3.01. The molecule has 0 saturated heterocycles. The summed E-state index contributed by atoms with van der Waals surface area (Å²) >= 11 is 0. The molecule has 1 amide bonds. The van der Waals surface area contributed by atoms with Gasteiger partial charge >= 0.3 is 0 Å². The summed E-state index contributed by atoms with van der Waals surface area (Å²) in [6, 6.07) is 3.45. The highest BCUT2D eigenvalue weighted by molar-refractivity contribution is 6.04. The third-order valence-corrected chi connectivity index (χ3v) is 3.22. The highest BCUT2D eigenvalue weighted by Crippen LogP contribution is 2.23. The topological polar surface area (TPSA) is 79.9 Å². The number of pyridine rings is 1. The summed E-state index contributed by atoms with van der Waals surface area (Å²) in [7, 11) is 1.55. The van der Waals surface area contributed by atoms with E-state index in [-0.39, 0.29) is 5.91 Å². The maximum atomic E-state index is 12.1. The van der Waals surface area contributed by atoms with Crippen molar-refractivity contribution in [3.8, 4) is 5.88 Å². The molecule has 98 valence electrons. The number of carbonyl (C=O) groups is 1. The number of hydrogen-bond acceptors (Lipinski definition) is 4. The molecule has 2 aromatic heterocycles. The lowest BCUT2D eigenvalue weighted by Gasteiger charge is -2.04. The Bertz CT molecular complexity index is 604. The lowest BCUT2D eigenvalue weighted by Crippen LogP contribution is -2.14. The Balaban J connectivity index is 1.77. The largest absolute Gasteiger partial charge is 0.481 e. The van der Waals surface area contributed by atoms with Crippen LogP contribution in [0, 0.1) is 0 Å². The normalized spacial score (nSPS) is 13.1. The van der Waals surface area contributed by atoms with E-state index in [0.29, 0.717) is 17.3 Å². The fourth-order valence-corrected chi connectivity index (χ4v) is 2.27. The molecule has 3 rings (SSSR count). The molecular weight excluding hydrogens is 244 g/mol. The Hall–Kier alpha value is -2.37. The number of hydrogen-bond donors (Lipinski definition) is 2. The Kier molecular flexibility index (Phi) is 2.91. The van der Waals surface area contributed by atoms with Crippen molar-refractivity contribution in [1.82, 2.24) is 15.2 Å². The molecule has 19 heavy (non-hydrogen) atoms. The van der Waals surface area contributed by atoms with Crippen molar-refractivity contribution in [2.75, 3.05) is 12.4 Å². The van der Waals surface area contributed by atoms with Crippen LogP contribution >= 0.6 is 0 Å². The van der Waals surface area contributed by atoms with Crippen LogP contribution in [0.4, 0.5) is 5.69 Å². The quantitative estimate of drug-likeness (QED) is 0.875. The number of amides is 1. The molecule has 2 aromatic rings. The van der Waals surface area contributed by atoms with E-state index in [9.17, 15) is 4.79 Å². The Morgan fingerprint density at radius 3 is 3.05 bits per heavy atom. The van der Waals surface area contributed by atoms with Crippen molar-refractivity contribution < 1.29 is 9.53 Å². The molecule has 1 aliphatic rings. The van der Waals surface area contributed by atoms with Gasteiger partial charge in [0.2, 0.25) is 5.88 Å². The number of rotatable bonds is 3. The van der Waals surface area contributed by atoms with E-state index in [1.807, 2.05) is 0 Å². The van der Waals surface area contributed by atoms with Crippen LogP contribution in [0.25, 0.3) is 0 Å². The molecule has 0 aromatic carbocycles. The number of aromatic nitrogens is 3. The molecule has 0 aliphatic heterocycles. The summed E-state index contributed by atoms with van der Waals surface area (Å²) in [5.74, 6) is 0.310. The first-order chi connectivity index (χ1) is 9.28. The van der Waals surface area contributed by atoms with Crippen molar-refractivity contribution in [2.24, 2.45) is 0 Å². The summed E-state index contributed by atoms with van der Waals surface area (Å²) < 4.78 is 4.97. The molecular formula is C13H14N4O2. The molecule has 0 unspecified atom stereocenters. The van der Waals surface area contributed by atoms with Crippen LogP contribution in [0.1, 0.15) is 28.2 Å². The van der Waals surface area contributed by atoms with Crippen molar-refractivity contribution >= 4 is 11.6 Å². The second kappa shape index (κ2) is 4.72. The van der Waals surface area contributed by atoms with E-state index in [1.54, 1.807) is 25.4 Å². The molecule has 0 spiro atoms. The number of aryl methyl sites for hydroxylation is 1. The van der Waals surface area contributed by atoms with Gasteiger partial charge in [-0.1, -0.05) is 0 Å². The van der Waals surface area contributed by atoms with E-state index in [0.717, 1.165) is 30.5 Å². The average molecular weight is 258 g/mol. The van der Waals surface area contributed by atoms with Gasteiger partial charge in [0.1, 0.15) is 0 Å². The fourth-order valence-electron chi connectivity index (χ4n) is 2.27. The zero-order chi connectivity index (χ0) is 13.2. The van der Waals surface area contributed by atoms with Crippen LogP contribution in [0.2, 0.25) is 0 Å². The molecule has 0 bridgehead atoms. The van der Waals surface area contributed by atoms with Crippen LogP contribution in [0.3, 0.4) is 0 Å². The van der Waals surface area contributed by atoms with Crippen LogP contribution in [0.5, 0.6) is 5.88 Å². The van der Waals surface area contributed by atoms with Gasteiger partial charge in [-0.15, -0.1) is 0 Å². The van der Waals surface area contributed by atoms with Gasteiger partial charge in [-0.2, -0.15) is 5.10 Å². The van der Waals surface area contributed by atoms with Gasteiger partial charge in [0.15, 0.2) is 5.69 Å². The summed E-state index contributed by atoms with van der Waals surface area (Å²) in [6.45, 7) is 0. The smallest absolute Gasteiger partial charge is 0.276 e. The van der Waals surface area contributed by atoms with E-state index < -0.39 is 0 Å². The fraction of sp³-hybridized carbons (Fsp3) is 0.308. The zero-order valence-electron chi connectivity index (χ0n) is 10.6. The second-order valence-electron chi connectivity index (χ2n) is 4.43. The Morgan fingerprint density at radius 2 is 2.32 bits per heavy atom. The minimum Gasteiger partial charge on any atom is -0.481 e. The van der Waals surface area contributed by atoms with Crippen LogP contribution in [-0.2, 0) is 12.8 Å². The minimum absolute atomic E-state index is 0.202. The number of carbonyl (C=O) groups excluding carboxylic acids is 1. The first kappa shape index (κ1) is 11.7. The molecule has 6 nitrogen and oxygen atoms in total. The van der Waals surface area contributed by atoms with Gasteiger partial charge in [-0.25, -0.2) is 4.98 Å². The number of aromatic amines is 1. The van der Waals surface area contributed by atoms with E-state index in [1.165, 1.54) is 0 Å². The maximum Gasteiger partial charge on any atom is 0.276 e. The molecule has 0 fully saturated rings. The van der Waals surface area contributed by atoms with Crippen LogP contribution < -0.4 is 10.1 Å². The van der Waals surface area contributed by atoms with Crippen molar-refractivity contribution in [1.29, 1.82) is 0 Å². The van der Waals surface area contributed by atoms with Gasteiger partial charge in [-0.05, 0) is 25.3 Å². The summed E-state index contributed by atoms with van der Waals surface area (Å²) in [5.41, 5.74) is 3.24. The summed E-state index contributed by atoms with van der Waals surface area (Å²) in [4.78, 5) is 16.2. The lowest BCUT2D eigenvalue weighted by atomic mass is 10.2. The minimum atomic E-state index is -0.202. The summed E-state index contributed by atoms with van der Waals surface area (Å²) in [6.07, 6.45) is 4.52. The monoisotopic (exact) mass is 258 g/mol. The van der Waals surface area contributed by atoms with Crippen molar-refractivity contribution in [2.45, 2.75) is 19.3 Å². The molecule has 2 N–H and O–H groups in total. The SMILES string of the molecule is COc1ccc(NC(=O)c2n[nH]c3c2CCC3)cn1. The number of fused-ring (bicyclic) bond motifs is 1. The predicted molar refractivity (Wildman–Crippen MR) is 69.4 cm³/mol. The number of methoxy groups -OCH3 is 1. The number of H-pyrrole nitrogens is 1. The van der Waals surface area contributed by atoms with Crippen LogP contribution in [0.15, 0.2) is 18.3 Å². The third-order valence-electron chi connectivity index (χ3n) is 3.22. The maximum absolute atomic E-state index is 12.1. The number of nitrogens with one attached hydrogen (secondary N) is 2. The summed E-state index contributed by atoms with van der Waals surface area (Å²) in [5, 5.41) is 9.80. The van der Waals surface area contributed by atoms with Crippen molar-refractivity contribution in [3.63, 3.8) is 0 Å². The molecule has 1 aliphatic carbocycles. The van der Waals surface area contributed by atoms with Gasteiger partial charge in [0, 0.05) is 17.3 Å². The van der Waals surface area contributed by atoms with Crippen LogP contribution in [-0.4, -0.2) is 28.2 Å². The first-order valence-corrected chi connectivity index (χ1v) is 6.15. The van der Waals surface area contributed by atoms with E-state index >= 15 is 0 Å². The molecule has 2 heterocycles. The standard InChI is InChI=1S/C13H14N4O2/c1-19-11-6-5-8(7-14-11)15-13(18)12-9-3-2-4-10(9)16-17-12/h5-7H,2-4H2,1H3,(H,15,18)(H,16,17). The highest BCUT2D eigenvalue weighted by Gasteiger charge is 2.22. The highest BCUT2D eigenvalue weighted by atomic mass is 16.5. The Labute approximate surface area is 110 Å². The zero-order valence-corrected chi connectivity index (χ0v) is 10.6. The number of anilines is 1. The van der Waals surface area contributed by atoms with E-state index in [4.69, 9.17) is 4.74 Å². The second-order valence-corrected chi connectivity index (χ2v) is 4.43. The first-order valence-electron chi connectivity index (χ1n) is 6.15. The van der Waals surface area contributed by atoms with Gasteiger partial charge in [0.05, 0.1) is 19.0 Å². The molecule has 0 radical (unpaired) electrons. The third kappa shape index (κ3) is 2.16.